The van der Waals surface area contributed by atoms with Gasteiger partial charge < -0.3 is 33.2 Å². The van der Waals surface area contributed by atoms with Crippen LogP contribution in [0.1, 0.15) is 162 Å². The van der Waals surface area contributed by atoms with Gasteiger partial charge in [-0.05, 0) is 58.8 Å². The van der Waals surface area contributed by atoms with Crippen LogP contribution in [-0.4, -0.2) is 67.1 Å². The van der Waals surface area contributed by atoms with E-state index in [9.17, 15) is 4.79 Å². The van der Waals surface area contributed by atoms with Gasteiger partial charge in [-0.3, -0.25) is 4.79 Å². The fourth-order valence-electron chi connectivity index (χ4n) is 9.78. The zero-order valence-corrected chi connectivity index (χ0v) is 28.7. The molecule has 0 heterocycles. The summed E-state index contributed by atoms with van der Waals surface area (Å²) in [5.41, 5.74) is -3.03. The highest BCUT2D eigenvalue weighted by Gasteiger charge is 2.72. The number of rotatable bonds is 15. The lowest BCUT2D eigenvalue weighted by Gasteiger charge is -2.68. The van der Waals surface area contributed by atoms with Crippen LogP contribution in [0.2, 0.25) is 0 Å². The first-order valence-electron chi connectivity index (χ1n) is 18.7. The van der Waals surface area contributed by atoms with Crippen LogP contribution >= 0.6 is 0 Å². The molecular weight excluding hydrogens is 572 g/mol. The summed E-state index contributed by atoms with van der Waals surface area (Å²) < 4.78 is 46.2. The predicted octanol–water partition coefficient (Wildman–Crippen LogP) is 8.27. The molecule has 7 fully saturated rings. The Morgan fingerprint density at radius 3 is 1.16 bits per heavy atom. The Balaban J connectivity index is 1.23. The van der Waals surface area contributed by atoms with Crippen LogP contribution in [0.15, 0.2) is 0 Å². The lowest BCUT2D eigenvalue weighted by molar-refractivity contribution is -0.356. The Morgan fingerprint density at radius 1 is 0.533 bits per heavy atom. The third-order valence-electron chi connectivity index (χ3n) is 12.3. The molecule has 0 spiro atoms. The van der Waals surface area contributed by atoms with Crippen LogP contribution in [0, 0.1) is 5.41 Å². The van der Waals surface area contributed by atoms with E-state index in [0.717, 1.165) is 57.8 Å². The first-order chi connectivity index (χ1) is 21.7. The van der Waals surface area contributed by atoms with E-state index in [4.69, 9.17) is 33.2 Å². The highest BCUT2D eigenvalue weighted by Crippen LogP contribution is 2.65. The van der Waals surface area contributed by atoms with Crippen LogP contribution in [0.4, 0.5) is 0 Å². The molecule has 0 radical (unpaired) electrons. The summed E-state index contributed by atoms with van der Waals surface area (Å²) in [4.78, 5) is 13.7. The Bertz CT molecular complexity index is 858. The van der Waals surface area contributed by atoms with Crippen molar-refractivity contribution in [1.82, 2.24) is 0 Å². The second-order valence-electron chi connectivity index (χ2n) is 16.5. The normalized spacial score (nSPS) is 36.4. The third-order valence-corrected chi connectivity index (χ3v) is 12.3. The highest BCUT2D eigenvalue weighted by molar-refractivity contribution is 5.76. The van der Waals surface area contributed by atoms with E-state index in [-0.39, 0.29) is 44.7 Å². The van der Waals surface area contributed by atoms with Gasteiger partial charge in [-0.1, -0.05) is 64.7 Å². The molecule has 7 aliphatic carbocycles. The zero-order chi connectivity index (χ0) is 31.4. The lowest BCUT2D eigenvalue weighted by Crippen LogP contribution is -2.74. The second kappa shape index (κ2) is 14.4. The van der Waals surface area contributed by atoms with Crippen molar-refractivity contribution >= 4 is 5.97 Å². The van der Waals surface area contributed by atoms with Crippen molar-refractivity contribution in [2.75, 3.05) is 20.4 Å². The van der Waals surface area contributed by atoms with Gasteiger partial charge in [-0.15, -0.1) is 0 Å². The molecule has 0 aromatic rings. The average Bonchev–Trinajstić information content (AvgIpc) is 3.01. The molecule has 8 nitrogen and oxygen atoms in total. The third kappa shape index (κ3) is 8.28. The number of carbonyl (C=O) groups excluding carboxylic acids is 1. The van der Waals surface area contributed by atoms with Crippen LogP contribution in [0.3, 0.4) is 0 Å². The quantitative estimate of drug-likeness (QED) is 0.132. The van der Waals surface area contributed by atoms with Gasteiger partial charge in [-0.2, -0.15) is 0 Å². The van der Waals surface area contributed by atoms with Crippen LogP contribution in [0.5, 0.6) is 0 Å². The molecule has 0 saturated heterocycles. The standard InChI is InChI=1S/C37H62O8/c1-4-33(2,3)32(38)45-37-23-34(42-26-39-29-14-8-5-9-15-29)20-35(24-37,43-27-40-30-16-10-6-11-17-30)22-36(21-34,25-37)44-28-41-31-18-12-7-13-19-31/h29-31H,4-28H2,1-3H3. The predicted molar refractivity (Wildman–Crippen MR) is 171 cm³/mol. The summed E-state index contributed by atoms with van der Waals surface area (Å²) in [5.74, 6) is -0.150. The molecule has 0 amide bonds. The van der Waals surface area contributed by atoms with Crippen molar-refractivity contribution in [3.05, 3.63) is 0 Å². The molecule has 7 rings (SSSR count). The smallest absolute Gasteiger partial charge is 0.312 e. The Morgan fingerprint density at radius 2 is 0.844 bits per heavy atom. The zero-order valence-electron chi connectivity index (χ0n) is 28.7. The van der Waals surface area contributed by atoms with Crippen LogP contribution in [0.25, 0.3) is 0 Å². The minimum Gasteiger partial charge on any atom is -0.458 e. The van der Waals surface area contributed by atoms with Crippen molar-refractivity contribution in [1.29, 1.82) is 0 Å². The fourth-order valence-corrected chi connectivity index (χ4v) is 9.78. The maximum atomic E-state index is 13.7. The van der Waals surface area contributed by atoms with Crippen LogP contribution < -0.4 is 0 Å². The van der Waals surface area contributed by atoms with Crippen molar-refractivity contribution in [3.63, 3.8) is 0 Å². The Hall–Kier alpha value is -0.770. The molecule has 4 bridgehead atoms. The van der Waals surface area contributed by atoms with Gasteiger partial charge in [0.25, 0.3) is 0 Å². The first-order valence-corrected chi connectivity index (χ1v) is 18.7. The molecule has 258 valence electrons. The van der Waals surface area contributed by atoms with E-state index in [1.165, 1.54) is 57.8 Å². The van der Waals surface area contributed by atoms with Crippen molar-refractivity contribution in [2.24, 2.45) is 5.41 Å². The maximum Gasteiger partial charge on any atom is 0.312 e. The molecule has 0 aliphatic heterocycles. The van der Waals surface area contributed by atoms with E-state index in [1.54, 1.807) is 0 Å². The fraction of sp³-hybridized carbons (Fsp3) is 0.973. The summed E-state index contributed by atoms with van der Waals surface area (Å²) in [7, 11) is 0. The summed E-state index contributed by atoms with van der Waals surface area (Å²) in [6.07, 6.45) is 23.4. The van der Waals surface area contributed by atoms with E-state index in [2.05, 4.69) is 6.92 Å². The van der Waals surface area contributed by atoms with E-state index >= 15 is 0 Å². The highest BCUT2D eigenvalue weighted by atomic mass is 16.7. The summed E-state index contributed by atoms with van der Waals surface area (Å²) in [6, 6.07) is 0. The van der Waals surface area contributed by atoms with Gasteiger partial charge in [0.2, 0.25) is 0 Å². The van der Waals surface area contributed by atoms with E-state index in [1.807, 2.05) is 13.8 Å². The first kappa shape index (κ1) is 34.1. The van der Waals surface area contributed by atoms with Gasteiger partial charge in [0, 0.05) is 38.5 Å². The van der Waals surface area contributed by atoms with E-state index < -0.39 is 27.8 Å². The molecule has 7 aliphatic rings. The largest absolute Gasteiger partial charge is 0.458 e. The SMILES string of the molecule is CCC(C)(C)C(=O)OC12CC3(OCOC4CCCCC4)CC(OCOC4CCCCC4)(CC(OCOC4CCCCC4)(C3)C1)C2. The van der Waals surface area contributed by atoms with E-state index in [0.29, 0.717) is 25.7 Å². The lowest BCUT2D eigenvalue weighted by atomic mass is 9.48. The summed E-state index contributed by atoms with van der Waals surface area (Å²) in [6.45, 7) is 6.76. The molecule has 0 aromatic carbocycles. The molecule has 0 atom stereocenters. The topological polar surface area (TPSA) is 81.7 Å². The minimum absolute atomic E-state index is 0.150. The van der Waals surface area contributed by atoms with Crippen LogP contribution in [-0.2, 0) is 38.0 Å². The molecule has 8 heteroatoms. The van der Waals surface area contributed by atoms with Crippen molar-refractivity contribution in [3.8, 4) is 0 Å². The molecular formula is C37H62O8. The molecule has 45 heavy (non-hydrogen) atoms. The molecule has 0 unspecified atom stereocenters. The number of esters is 1. The number of hydrogen-bond acceptors (Lipinski definition) is 8. The number of carbonyl (C=O) groups is 1. The monoisotopic (exact) mass is 634 g/mol. The molecule has 0 N–H and O–H groups in total. The average molecular weight is 635 g/mol. The maximum absolute atomic E-state index is 13.7. The summed E-state index contributed by atoms with van der Waals surface area (Å²) in [5, 5.41) is 0. The molecule has 0 aromatic heterocycles. The van der Waals surface area contributed by atoms with Gasteiger partial charge in [0.1, 0.15) is 26.0 Å². The molecule has 7 saturated carbocycles. The Kier molecular flexibility index (Phi) is 10.9. The van der Waals surface area contributed by atoms with Crippen molar-refractivity contribution in [2.45, 2.75) is 203 Å². The van der Waals surface area contributed by atoms with Crippen molar-refractivity contribution < 1.29 is 38.0 Å². The Labute approximate surface area is 272 Å². The summed E-state index contributed by atoms with van der Waals surface area (Å²) >= 11 is 0. The minimum atomic E-state index is -0.737. The second-order valence-corrected chi connectivity index (χ2v) is 16.5. The number of hydrogen-bond donors (Lipinski definition) is 0. The van der Waals surface area contributed by atoms with Gasteiger partial charge in [0.15, 0.2) is 0 Å². The number of ether oxygens (including phenoxy) is 7. The van der Waals surface area contributed by atoms with Gasteiger partial charge in [-0.25, -0.2) is 0 Å². The van der Waals surface area contributed by atoms with Gasteiger partial charge >= 0.3 is 5.97 Å². The van der Waals surface area contributed by atoms with Gasteiger partial charge in [0.05, 0.1) is 40.5 Å².